The van der Waals surface area contributed by atoms with Crippen LogP contribution < -0.4 is 0 Å². The van der Waals surface area contributed by atoms with Crippen molar-refractivity contribution in [3.8, 4) is 0 Å². The van der Waals surface area contributed by atoms with E-state index in [9.17, 15) is 9.59 Å². The molecule has 20 heavy (non-hydrogen) atoms. The first-order valence-corrected chi connectivity index (χ1v) is 7.83. The van der Waals surface area contributed by atoms with Gasteiger partial charge in [0.25, 0.3) is 0 Å². The lowest BCUT2D eigenvalue weighted by atomic mass is 9.84. The van der Waals surface area contributed by atoms with E-state index in [0.717, 1.165) is 32.6 Å². The lowest BCUT2D eigenvalue weighted by Gasteiger charge is -2.37. The van der Waals surface area contributed by atoms with Crippen molar-refractivity contribution in [2.24, 2.45) is 5.41 Å². The zero-order valence-electron chi connectivity index (χ0n) is 13.6. The van der Waals surface area contributed by atoms with Crippen LogP contribution in [-0.2, 0) is 9.59 Å². The zero-order valence-corrected chi connectivity index (χ0v) is 13.6. The molecule has 116 valence electrons. The number of piperidine rings is 2. The van der Waals surface area contributed by atoms with Crippen molar-refractivity contribution < 1.29 is 9.59 Å². The van der Waals surface area contributed by atoms with Gasteiger partial charge in [0.1, 0.15) is 0 Å². The lowest BCUT2D eigenvalue weighted by molar-refractivity contribution is -0.132. The third-order valence-corrected chi connectivity index (χ3v) is 4.15. The highest BCUT2D eigenvalue weighted by Crippen LogP contribution is 2.28. The quantitative estimate of drug-likeness (QED) is 0.685. The predicted octanol–water partition coefficient (Wildman–Crippen LogP) is 2.67. The molecule has 2 saturated heterocycles. The van der Waals surface area contributed by atoms with Crippen LogP contribution in [-0.4, -0.2) is 47.8 Å². The molecule has 4 heteroatoms. The summed E-state index contributed by atoms with van der Waals surface area (Å²) in [5.74, 6) is 0.451. The number of hydrogen-bond acceptors (Lipinski definition) is 2. The van der Waals surface area contributed by atoms with Crippen molar-refractivity contribution in [2.75, 3.05) is 26.2 Å². The first kappa shape index (κ1) is 17.0. The summed E-state index contributed by atoms with van der Waals surface area (Å²) in [4.78, 5) is 25.6. The van der Waals surface area contributed by atoms with Gasteiger partial charge in [-0.3, -0.25) is 9.59 Å². The van der Waals surface area contributed by atoms with Crippen LogP contribution in [0.4, 0.5) is 0 Å². The highest BCUT2D eigenvalue weighted by molar-refractivity contribution is 5.73. The van der Waals surface area contributed by atoms with Gasteiger partial charge in [0.15, 0.2) is 0 Å². The topological polar surface area (TPSA) is 40.6 Å². The van der Waals surface area contributed by atoms with Crippen molar-refractivity contribution in [1.82, 2.24) is 9.80 Å². The molecule has 0 atom stereocenters. The Morgan fingerprint density at radius 2 is 1.30 bits per heavy atom. The second kappa shape index (κ2) is 7.65. The monoisotopic (exact) mass is 282 g/mol. The summed E-state index contributed by atoms with van der Waals surface area (Å²) in [6.07, 6.45) is 6.09. The maximum atomic E-state index is 11.0. The summed E-state index contributed by atoms with van der Waals surface area (Å²) in [5.41, 5.74) is 0.337. The third-order valence-electron chi connectivity index (χ3n) is 4.15. The van der Waals surface area contributed by atoms with Gasteiger partial charge in [0, 0.05) is 40.0 Å². The van der Waals surface area contributed by atoms with Crippen LogP contribution in [0, 0.1) is 5.41 Å². The van der Waals surface area contributed by atoms with Gasteiger partial charge in [-0.2, -0.15) is 0 Å². The van der Waals surface area contributed by atoms with Gasteiger partial charge in [-0.1, -0.05) is 13.8 Å². The smallest absolute Gasteiger partial charge is 0.219 e. The van der Waals surface area contributed by atoms with E-state index in [-0.39, 0.29) is 11.8 Å². The van der Waals surface area contributed by atoms with Crippen molar-refractivity contribution in [2.45, 2.75) is 59.8 Å². The summed E-state index contributed by atoms with van der Waals surface area (Å²) in [6.45, 7) is 11.6. The van der Waals surface area contributed by atoms with Crippen LogP contribution >= 0.6 is 0 Å². The molecule has 2 amide bonds. The van der Waals surface area contributed by atoms with Gasteiger partial charge in [0.2, 0.25) is 11.8 Å². The number of amides is 2. The normalized spacial score (nSPS) is 21.8. The Balaban J connectivity index is 0.000000204. The van der Waals surface area contributed by atoms with Gasteiger partial charge in [-0.25, -0.2) is 0 Å². The second-order valence-corrected chi connectivity index (χ2v) is 6.78. The Morgan fingerprint density at radius 3 is 1.65 bits per heavy atom. The average molecular weight is 282 g/mol. The second-order valence-electron chi connectivity index (χ2n) is 6.78. The van der Waals surface area contributed by atoms with Crippen LogP contribution in [0.15, 0.2) is 0 Å². The molecule has 0 aromatic rings. The van der Waals surface area contributed by atoms with E-state index in [1.54, 1.807) is 13.8 Å². The van der Waals surface area contributed by atoms with Crippen molar-refractivity contribution >= 4 is 11.8 Å². The molecule has 2 heterocycles. The Kier molecular flexibility index (Phi) is 6.50. The number of nitrogens with zero attached hydrogens (tertiary/aromatic N) is 2. The standard InChI is InChI=1S/C9H17NO.C7H13NO/c1-8(11)10-6-4-5-9(2,3)7-10;1-7(9)8-5-3-2-4-6-8/h4-7H2,1-3H3;2-6H2,1H3. The predicted molar refractivity (Wildman–Crippen MR) is 81.4 cm³/mol. The minimum absolute atomic E-state index is 0.220. The molecule has 0 N–H and O–H groups in total. The first-order valence-electron chi connectivity index (χ1n) is 7.83. The molecule has 2 rings (SSSR count). The molecule has 0 unspecified atom stereocenters. The summed E-state index contributed by atoms with van der Waals surface area (Å²) < 4.78 is 0. The molecule has 0 aromatic carbocycles. The van der Waals surface area contributed by atoms with E-state index in [4.69, 9.17) is 0 Å². The summed E-state index contributed by atoms with van der Waals surface area (Å²) in [5, 5.41) is 0. The molecular formula is C16H30N2O2. The first-order chi connectivity index (χ1) is 9.32. The van der Waals surface area contributed by atoms with Crippen LogP contribution in [0.3, 0.4) is 0 Å². The Labute approximate surface area is 123 Å². The van der Waals surface area contributed by atoms with Gasteiger partial charge < -0.3 is 9.80 Å². The van der Waals surface area contributed by atoms with Gasteiger partial charge in [-0.15, -0.1) is 0 Å². The van der Waals surface area contributed by atoms with Crippen molar-refractivity contribution in [3.05, 3.63) is 0 Å². The minimum Gasteiger partial charge on any atom is -0.343 e. The Hall–Kier alpha value is -1.06. The van der Waals surface area contributed by atoms with Crippen molar-refractivity contribution in [3.63, 3.8) is 0 Å². The number of carbonyl (C=O) groups is 2. The SMILES string of the molecule is CC(=O)N1CCCC(C)(C)C1.CC(=O)N1CCCCC1. The molecule has 0 aliphatic carbocycles. The highest BCUT2D eigenvalue weighted by atomic mass is 16.2. The molecule has 2 aliphatic rings. The third kappa shape index (κ3) is 5.93. The summed E-state index contributed by atoms with van der Waals surface area (Å²) >= 11 is 0. The maximum absolute atomic E-state index is 11.0. The van der Waals surface area contributed by atoms with E-state index in [2.05, 4.69) is 13.8 Å². The van der Waals surface area contributed by atoms with E-state index in [0.29, 0.717) is 5.41 Å². The summed E-state index contributed by atoms with van der Waals surface area (Å²) in [6, 6.07) is 0. The molecule has 0 saturated carbocycles. The molecular weight excluding hydrogens is 252 g/mol. The van der Waals surface area contributed by atoms with Gasteiger partial charge >= 0.3 is 0 Å². The molecule has 2 aliphatic heterocycles. The van der Waals surface area contributed by atoms with E-state index < -0.39 is 0 Å². The maximum Gasteiger partial charge on any atom is 0.219 e. The summed E-state index contributed by atoms with van der Waals surface area (Å²) in [7, 11) is 0. The average Bonchev–Trinajstić information content (AvgIpc) is 2.39. The fraction of sp³-hybridized carbons (Fsp3) is 0.875. The number of carbonyl (C=O) groups excluding carboxylic acids is 2. The fourth-order valence-corrected chi connectivity index (χ4v) is 2.90. The van der Waals surface area contributed by atoms with E-state index >= 15 is 0 Å². The van der Waals surface area contributed by atoms with E-state index in [1.807, 2.05) is 9.80 Å². The van der Waals surface area contributed by atoms with Crippen molar-refractivity contribution in [1.29, 1.82) is 0 Å². The fourth-order valence-electron chi connectivity index (χ4n) is 2.90. The molecule has 0 radical (unpaired) electrons. The van der Waals surface area contributed by atoms with Gasteiger partial charge in [-0.05, 0) is 37.5 Å². The molecule has 0 bridgehead atoms. The lowest BCUT2D eigenvalue weighted by Crippen LogP contribution is -2.42. The van der Waals surface area contributed by atoms with Gasteiger partial charge in [0.05, 0.1) is 0 Å². The van der Waals surface area contributed by atoms with Crippen LogP contribution in [0.2, 0.25) is 0 Å². The molecule has 4 nitrogen and oxygen atoms in total. The Bertz CT molecular complexity index is 333. The number of hydrogen-bond donors (Lipinski definition) is 0. The van der Waals surface area contributed by atoms with Crippen LogP contribution in [0.5, 0.6) is 0 Å². The Morgan fingerprint density at radius 1 is 0.800 bits per heavy atom. The van der Waals surface area contributed by atoms with E-state index in [1.165, 1.54) is 25.7 Å². The number of likely N-dealkylation sites (tertiary alicyclic amines) is 2. The number of rotatable bonds is 0. The highest BCUT2D eigenvalue weighted by Gasteiger charge is 2.27. The van der Waals surface area contributed by atoms with Crippen LogP contribution in [0.25, 0.3) is 0 Å². The molecule has 0 spiro atoms. The molecule has 0 aromatic heterocycles. The minimum atomic E-state index is 0.220. The van der Waals surface area contributed by atoms with Crippen LogP contribution in [0.1, 0.15) is 59.8 Å². The molecule has 2 fully saturated rings. The zero-order chi connectivity index (χ0) is 15.2. The largest absolute Gasteiger partial charge is 0.343 e.